The Hall–Kier alpha value is -1.74. The number of terminal acetylenes is 2. The van der Waals surface area contributed by atoms with Crippen LogP contribution in [0.5, 0.6) is 0 Å². The Morgan fingerprint density at radius 3 is 2.41 bits per heavy atom. The Morgan fingerprint density at radius 2 is 1.76 bits per heavy atom. The maximum absolute atomic E-state index is 5.61. The molecule has 0 aliphatic heterocycles. The molecule has 2 unspecified atom stereocenters. The quantitative estimate of drug-likeness (QED) is 0.734. The molecule has 1 aromatic carbocycles. The average molecular weight is 226 g/mol. The molecule has 0 saturated heterocycles. The molecule has 0 radical (unpaired) electrons. The third-order valence-electron chi connectivity index (χ3n) is 2.92. The lowest BCUT2D eigenvalue weighted by atomic mass is 9.79. The molecule has 0 saturated carbocycles. The van der Waals surface area contributed by atoms with Crippen LogP contribution in [-0.2, 0) is 9.47 Å². The van der Waals surface area contributed by atoms with Gasteiger partial charge < -0.3 is 9.47 Å². The zero-order valence-electron chi connectivity index (χ0n) is 9.77. The van der Waals surface area contributed by atoms with Gasteiger partial charge in [0.2, 0.25) is 0 Å². The van der Waals surface area contributed by atoms with Gasteiger partial charge in [-0.15, -0.1) is 12.8 Å². The van der Waals surface area contributed by atoms with E-state index in [4.69, 9.17) is 22.3 Å². The Labute approximate surface area is 102 Å². The minimum atomic E-state index is -0.0886. The van der Waals surface area contributed by atoms with E-state index in [1.54, 1.807) is 0 Å². The summed E-state index contributed by atoms with van der Waals surface area (Å²) in [5, 5.41) is 0. The van der Waals surface area contributed by atoms with Crippen molar-refractivity contribution in [2.45, 2.75) is 19.1 Å². The Morgan fingerprint density at radius 1 is 1.12 bits per heavy atom. The van der Waals surface area contributed by atoms with Gasteiger partial charge in [-0.25, -0.2) is 0 Å². The van der Waals surface area contributed by atoms with Crippen LogP contribution in [0.3, 0.4) is 0 Å². The number of hydrogen-bond donors (Lipinski definition) is 0. The Bertz CT molecular complexity index is 491. The predicted octanol–water partition coefficient (Wildman–Crippen LogP) is 2.39. The van der Waals surface area contributed by atoms with Gasteiger partial charge in [0.25, 0.3) is 0 Å². The van der Waals surface area contributed by atoms with E-state index in [2.05, 4.69) is 24.8 Å². The normalized spacial score (nSPS) is 20.9. The van der Waals surface area contributed by atoms with E-state index in [-0.39, 0.29) is 25.4 Å². The second kappa shape index (κ2) is 5.06. The van der Waals surface area contributed by atoms with Crippen LogP contribution in [-0.4, -0.2) is 13.2 Å². The highest BCUT2D eigenvalue weighted by Crippen LogP contribution is 2.49. The molecule has 0 bridgehead atoms. The van der Waals surface area contributed by atoms with Gasteiger partial charge >= 0.3 is 0 Å². The summed E-state index contributed by atoms with van der Waals surface area (Å²) in [4.78, 5) is 0. The van der Waals surface area contributed by atoms with Crippen LogP contribution >= 0.6 is 0 Å². The van der Waals surface area contributed by atoms with Crippen LogP contribution in [0.4, 0.5) is 0 Å². The van der Waals surface area contributed by atoms with Crippen molar-refractivity contribution < 1.29 is 9.47 Å². The molecule has 0 aromatic heterocycles. The summed E-state index contributed by atoms with van der Waals surface area (Å²) < 4.78 is 11.2. The van der Waals surface area contributed by atoms with E-state index in [1.807, 2.05) is 12.1 Å². The molecular formula is C15H14O2. The molecule has 0 N–H and O–H groups in total. The van der Waals surface area contributed by atoms with Gasteiger partial charge in [-0.2, -0.15) is 0 Å². The van der Waals surface area contributed by atoms with Crippen molar-refractivity contribution in [2.75, 3.05) is 13.2 Å². The van der Waals surface area contributed by atoms with E-state index >= 15 is 0 Å². The van der Waals surface area contributed by atoms with Crippen molar-refractivity contribution >= 4 is 0 Å². The van der Waals surface area contributed by atoms with Gasteiger partial charge in [0.15, 0.2) is 0 Å². The molecule has 0 fully saturated rings. The highest BCUT2D eigenvalue weighted by molar-refractivity contribution is 5.46. The lowest BCUT2D eigenvalue weighted by Crippen LogP contribution is -2.30. The molecule has 0 heterocycles. The van der Waals surface area contributed by atoms with E-state index in [0.29, 0.717) is 0 Å². The lowest BCUT2D eigenvalue weighted by molar-refractivity contribution is -0.0846. The first-order valence-electron chi connectivity index (χ1n) is 5.49. The first-order chi connectivity index (χ1) is 8.29. The smallest absolute Gasteiger partial charge is 0.115 e. The second-order valence-electron chi connectivity index (χ2n) is 3.95. The summed E-state index contributed by atoms with van der Waals surface area (Å²) in [7, 11) is 0. The standard InChI is InChI=1S/C15H14O2/c1-4-9-16-14-12-8-6-7-11(3)13(12)15(14)17-10-5-2/h1-2,6-8,14-15H,9-10H2,3H3. The molecule has 0 spiro atoms. The van der Waals surface area contributed by atoms with Gasteiger partial charge in [0, 0.05) is 0 Å². The first kappa shape index (κ1) is 11.7. The number of ether oxygens (including phenoxy) is 2. The van der Waals surface area contributed by atoms with E-state index in [9.17, 15) is 0 Å². The summed E-state index contributed by atoms with van der Waals surface area (Å²) >= 11 is 0. The molecule has 1 aromatic rings. The van der Waals surface area contributed by atoms with Crippen molar-refractivity contribution in [3.8, 4) is 24.7 Å². The zero-order valence-corrected chi connectivity index (χ0v) is 9.77. The maximum Gasteiger partial charge on any atom is 0.115 e. The molecule has 2 nitrogen and oxygen atoms in total. The van der Waals surface area contributed by atoms with E-state index in [1.165, 1.54) is 11.1 Å². The van der Waals surface area contributed by atoms with Crippen molar-refractivity contribution in [1.82, 2.24) is 0 Å². The number of fused-ring (bicyclic) bond motifs is 1. The molecule has 2 atom stereocenters. The number of aryl methyl sites for hydroxylation is 1. The van der Waals surface area contributed by atoms with Gasteiger partial charge in [-0.3, -0.25) is 0 Å². The maximum atomic E-state index is 5.61. The highest BCUT2D eigenvalue weighted by Gasteiger charge is 2.40. The first-order valence-corrected chi connectivity index (χ1v) is 5.49. The minimum absolute atomic E-state index is 0.0874. The van der Waals surface area contributed by atoms with E-state index in [0.717, 1.165) is 5.56 Å². The van der Waals surface area contributed by atoms with Gasteiger partial charge in [-0.1, -0.05) is 30.0 Å². The number of benzene rings is 1. The fourth-order valence-electron chi connectivity index (χ4n) is 2.18. The van der Waals surface area contributed by atoms with Crippen LogP contribution < -0.4 is 0 Å². The molecule has 17 heavy (non-hydrogen) atoms. The largest absolute Gasteiger partial charge is 0.358 e. The number of hydrogen-bond acceptors (Lipinski definition) is 2. The SMILES string of the molecule is C#CCOC1c2cccc(C)c2C1OCC#C. The van der Waals surface area contributed by atoms with Crippen molar-refractivity contribution in [3.63, 3.8) is 0 Å². The number of rotatable bonds is 4. The Balaban J connectivity index is 2.21. The lowest BCUT2D eigenvalue weighted by Gasteiger charge is -2.39. The molecule has 1 aliphatic carbocycles. The van der Waals surface area contributed by atoms with Gasteiger partial charge in [0.1, 0.15) is 25.4 Å². The molecule has 86 valence electrons. The van der Waals surface area contributed by atoms with E-state index < -0.39 is 0 Å². The highest BCUT2D eigenvalue weighted by atomic mass is 16.5. The summed E-state index contributed by atoms with van der Waals surface area (Å²) in [6.07, 6.45) is 10.2. The second-order valence-corrected chi connectivity index (χ2v) is 3.95. The van der Waals surface area contributed by atoms with Crippen molar-refractivity contribution in [2.24, 2.45) is 0 Å². The topological polar surface area (TPSA) is 18.5 Å². The van der Waals surface area contributed by atoms with Crippen LogP contribution in [0.2, 0.25) is 0 Å². The van der Waals surface area contributed by atoms with Crippen LogP contribution in [0.1, 0.15) is 28.9 Å². The molecule has 2 rings (SSSR count). The molecule has 0 amide bonds. The van der Waals surface area contributed by atoms with Gasteiger partial charge in [0.05, 0.1) is 0 Å². The fraction of sp³-hybridized carbons (Fsp3) is 0.333. The van der Waals surface area contributed by atoms with Crippen molar-refractivity contribution in [1.29, 1.82) is 0 Å². The van der Waals surface area contributed by atoms with Crippen LogP contribution in [0.25, 0.3) is 0 Å². The Kier molecular flexibility index (Phi) is 3.49. The third kappa shape index (κ3) is 2.06. The van der Waals surface area contributed by atoms with Gasteiger partial charge in [-0.05, 0) is 23.6 Å². The molecule has 2 heteroatoms. The van der Waals surface area contributed by atoms with Crippen LogP contribution in [0.15, 0.2) is 18.2 Å². The van der Waals surface area contributed by atoms with Crippen LogP contribution in [0, 0.1) is 31.6 Å². The zero-order chi connectivity index (χ0) is 12.3. The summed E-state index contributed by atoms with van der Waals surface area (Å²) in [5.74, 6) is 4.95. The monoisotopic (exact) mass is 226 g/mol. The summed E-state index contributed by atoms with van der Waals surface area (Å²) in [6.45, 7) is 2.63. The summed E-state index contributed by atoms with van der Waals surface area (Å²) in [5.41, 5.74) is 3.54. The average Bonchev–Trinajstić information content (AvgIpc) is 2.31. The van der Waals surface area contributed by atoms with Crippen molar-refractivity contribution in [3.05, 3.63) is 34.9 Å². The fourth-order valence-corrected chi connectivity index (χ4v) is 2.18. The molecule has 1 aliphatic rings. The third-order valence-corrected chi connectivity index (χ3v) is 2.92. The summed E-state index contributed by atoms with van der Waals surface area (Å²) in [6, 6.07) is 6.11. The molecular weight excluding hydrogens is 212 g/mol. The predicted molar refractivity (Wildman–Crippen MR) is 66.2 cm³/mol. The minimum Gasteiger partial charge on any atom is -0.358 e.